The van der Waals surface area contributed by atoms with Crippen molar-refractivity contribution < 1.29 is 15.3 Å². The Kier molecular flexibility index (Phi) is 10.00. The number of allylic oxidation sites excluding steroid dienone is 1. The highest BCUT2D eigenvalue weighted by molar-refractivity contribution is 6.88. The lowest BCUT2D eigenvalue weighted by atomic mass is 9.92. The number of hydrogen-bond acceptors (Lipinski definition) is 3. The van der Waals surface area contributed by atoms with Gasteiger partial charge in [-0.15, -0.1) is 0 Å². The number of benzene rings is 1. The summed E-state index contributed by atoms with van der Waals surface area (Å²) in [6.07, 6.45) is 7.39. The Labute approximate surface area is 230 Å². The third-order valence-corrected chi connectivity index (χ3v) is 25.4. The molecule has 1 aliphatic rings. The first-order chi connectivity index (χ1) is 16.9. The van der Waals surface area contributed by atoms with E-state index in [9.17, 15) is 15.3 Å². The van der Waals surface area contributed by atoms with Gasteiger partial charge in [0.2, 0.25) is 0 Å². The summed E-state index contributed by atoms with van der Waals surface area (Å²) in [5.74, 6) is 0.251. The van der Waals surface area contributed by atoms with Gasteiger partial charge >= 0.3 is 0 Å². The van der Waals surface area contributed by atoms with E-state index in [-0.39, 0.29) is 5.75 Å². The van der Waals surface area contributed by atoms with Crippen LogP contribution in [0.1, 0.15) is 101 Å². The van der Waals surface area contributed by atoms with Gasteiger partial charge in [-0.05, 0) is 62.9 Å². The average Bonchev–Trinajstić information content (AvgIpc) is 2.71. The van der Waals surface area contributed by atoms with Crippen LogP contribution in [0.25, 0.3) is 6.08 Å². The van der Waals surface area contributed by atoms with Gasteiger partial charge in [0.25, 0.3) is 0 Å². The van der Waals surface area contributed by atoms with Crippen LogP contribution >= 0.6 is 0 Å². The smallest absolute Gasteiger partial charge is 0.115 e. The van der Waals surface area contributed by atoms with E-state index >= 15 is 0 Å². The van der Waals surface area contributed by atoms with Crippen LogP contribution in [0, 0.1) is 0 Å². The van der Waals surface area contributed by atoms with Gasteiger partial charge in [0.1, 0.15) is 13.8 Å². The second-order valence-corrected chi connectivity index (χ2v) is 26.2. The maximum Gasteiger partial charge on any atom is 0.115 e. The predicted molar refractivity (Wildman–Crippen MR) is 166 cm³/mol. The van der Waals surface area contributed by atoms with Crippen molar-refractivity contribution in [3.05, 3.63) is 47.6 Å². The maximum atomic E-state index is 13.1. The minimum Gasteiger partial charge on any atom is -0.508 e. The summed E-state index contributed by atoms with van der Waals surface area (Å²) in [5.41, 5.74) is 4.30. The summed E-state index contributed by atoms with van der Waals surface area (Å²) in [6, 6.07) is 7.20. The molecular weight excluding hydrogens is 489 g/mol. The highest BCUT2D eigenvalue weighted by Gasteiger charge is 2.66. The van der Waals surface area contributed by atoms with E-state index in [0.717, 1.165) is 11.1 Å². The zero-order valence-corrected chi connectivity index (χ0v) is 27.8. The van der Waals surface area contributed by atoms with Crippen LogP contribution in [0.15, 0.2) is 42.0 Å². The fraction of sp³-hybridized carbons (Fsp3) is 0.688. The summed E-state index contributed by atoms with van der Waals surface area (Å²) in [4.78, 5) is 0. The fourth-order valence-corrected chi connectivity index (χ4v) is 26.4. The molecule has 1 aromatic rings. The van der Waals surface area contributed by atoms with E-state index in [1.54, 1.807) is 12.1 Å². The first kappa shape index (κ1) is 32.1. The number of rotatable bonds is 10. The van der Waals surface area contributed by atoms with E-state index in [2.05, 4.69) is 101 Å². The Hall–Kier alpha value is -1.15. The zero-order valence-electron chi connectivity index (χ0n) is 25.8. The molecule has 2 atom stereocenters. The van der Waals surface area contributed by atoms with Crippen molar-refractivity contribution >= 4 is 22.2 Å². The van der Waals surface area contributed by atoms with Crippen LogP contribution in [0.3, 0.4) is 0 Å². The topological polar surface area (TPSA) is 60.7 Å². The molecule has 37 heavy (non-hydrogen) atoms. The Morgan fingerprint density at radius 2 is 1.05 bits per heavy atom. The molecule has 3 N–H and O–H groups in total. The van der Waals surface area contributed by atoms with Crippen molar-refractivity contribution in [1.82, 2.24) is 0 Å². The summed E-state index contributed by atoms with van der Waals surface area (Å²) in [7, 11) is -4.78. The van der Waals surface area contributed by atoms with Crippen LogP contribution in [0.5, 0.6) is 5.75 Å². The molecular formula is C32H56O3Si2. The standard InChI is InChI=1S/C32H56O3Si2/c1-22(2)36(23(3)4,24(5)6)31(34)19-29(14-13-28-15-17-30(33)18-16-28)20-32(35,21-31)37(25(7)8,26(9)10)27(11)12/h13-19,22-27,33-35H,20-21H2,1-12H3. The summed E-state index contributed by atoms with van der Waals surface area (Å²) >= 11 is 0. The molecule has 3 nitrogen and oxygen atoms in total. The largest absolute Gasteiger partial charge is 0.508 e. The summed E-state index contributed by atoms with van der Waals surface area (Å²) in [6.45, 7) is 27.7. The number of aliphatic hydroxyl groups is 2. The molecule has 0 saturated heterocycles. The minimum absolute atomic E-state index is 0.251. The summed E-state index contributed by atoms with van der Waals surface area (Å²) in [5, 5.41) is 33.9. The second kappa shape index (κ2) is 11.5. The van der Waals surface area contributed by atoms with E-state index in [1.165, 1.54) is 0 Å². The molecule has 0 heterocycles. The number of aromatic hydroxyl groups is 1. The van der Waals surface area contributed by atoms with Crippen LogP contribution in [-0.4, -0.2) is 41.9 Å². The van der Waals surface area contributed by atoms with E-state index < -0.39 is 26.6 Å². The fourth-order valence-electron chi connectivity index (χ4n) is 9.85. The number of hydrogen-bond donors (Lipinski definition) is 3. The first-order valence-corrected chi connectivity index (χ1v) is 19.0. The van der Waals surface area contributed by atoms with Crippen molar-refractivity contribution in [3.8, 4) is 5.75 Å². The lowest BCUT2D eigenvalue weighted by molar-refractivity contribution is 0.0210. The van der Waals surface area contributed by atoms with Gasteiger partial charge < -0.3 is 15.3 Å². The van der Waals surface area contributed by atoms with Gasteiger partial charge in [0, 0.05) is 6.42 Å². The van der Waals surface area contributed by atoms with Crippen LogP contribution in [0.2, 0.25) is 33.2 Å². The number of phenols is 1. The maximum absolute atomic E-state index is 13.1. The molecule has 0 fully saturated rings. The van der Waals surface area contributed by atoms with Crippen molar-refractivity contribution in [2.24, 2.45) is 0 Å². The molecule has 0 aromatic heterocycles. The van der Waals surface area contributed by atoms with Crippen LogP contribution < -0.4 is 0 Å². The number of phenolic OH excluding ortho intramolecular Hbond substituents is 1. The first-order valence-electron chi connectivity index (χ1n) is 14.6. The third kappa shape index (κ3) is 5.35. The Morgan fingerprint density at radius 3 is 1.43 bits per heavy atom. The van der Waals surface area contributed by atoms with Gasteiger partial charge in [-0.2, -0.15) is 0 Å². The lowest BCUT2D eigenvalue weighted by Gasteiger charge is -2.62. The lowest BCUT2D eigenvalue weighted by Crippen LogP contribution is -2.73. The minimum atomic E-state index is -2.41. The molecule has 0 aliphatic heterocycles. The molecule has 0 amide bonds. The van der Waals surface area contributed by atoms with Crippen LogP contribution in [0.4, 0.5) is 0 Å². The monoisotopic (exact) mass is 544 g/mol. The normalized spacial score (nSPS) is 23.9. The van der Waals surface area contributed by atoms with E-state index in [4.69, 9.17) is 0 Å². The zero-order chi connectivity index (χ0) is 28.6. The molecule has 0 radical (unpaired) electrons. The molecule has 5 heteroatoms. The Bertz CT molecular complexity index is 915. The molecule has 2 unspecified atom stereocenters. The SMILES string of the molecule is CC(C)[Si](C(C)C)(C(C)C)C1(O)C=C(C=Cc2ccc(O)cc2)CC(O)([Si](C(C)C)(C(C)C)C(C)C)C1. The van der Waals surface area contributed by atoms with Crippen molar-refractivity contribution in [3.63, 3.8) is 0 Å². The summed E-state index contributed by atoms with van der Waals surface area (Å²) < 4.78 is 0. The average molecular weight is 545 g/mol. The third-order valence-electron chi connectivity index (χ3n) is 10.2. The molecule has 0 bridgehead atoms. The molecule has 1 aromatic carbocycles. The van der Waals surface area contributed by atoms with E-state index in [0.29, 0.717) is 46.1 Å². The van der Waals surface area contributed by atoms with Gasteiger partial charge in [-0.25, -0.2) is 0 Å². The predicted octanol–water partition coefficient (Wildman–Crippen LogP) is 9.02. The molecule has 210 valence electrons. The highest BCUT2D eigenvalue weighted by atomic mass is 28.3. The molecule has 0 saturated carbocycles. The Morgan fingerprint density at radius 1 is 0.649 bits per heavy atom. The van der Waals surface area contributed by atoms with Gasteiger partial charge in [0.05, 0.1) is 18.5 Å². The molecule has 1 aliphatic carbocycles. The van der Waals surface area contributed by atoms with Gasteiger partial charge in [-0.3, -0.25) is 0 Å². The quantitative estimate of drug-likeness (QED) is 0.257. The molecule has 2 rings (SSSR count). The Balaban J connectivity index is 2.89. The highest BCUT2D eigenvalue weighted by Crippen LogP contribution is 2.59. The van der Waals surface area contributed by atoms with Crippen molar-refractivity contribution in [1.29, 1.82) is 0 Å². The van der Waals surface area contributed by atoms with Crippen molar-refractivity contribution in [2.45, 2.75) is 140 Å². The second-order valence-electron chi connectivity index (χ2n) is 13.7. The van der Waals surface area contributed by atoms with Crippen molar-refractivity contribution in [2.75, 3.05) is 0 Å². The van der Waals surface area contributed by atoms with E-state index in [1.807, 2.05) is 12.1 Å². The molecule has 0 spiro atoms. The van der Waals surface area contributed by atoms with Gasteiger partial charge in [-0.1, -0.05) is 113 Å². The van der Waals surface area contributed by atoms with Crippen LogP contribution in [-0.2, 0) is 0 Å². The van der Waals surface area contributed by atoms with Gasteiger partial charge in [0.15, 0.2) is 0 Å².